The van der Waals surface area contributed by atoms with Crippen molar-refractivity contribution < 1.29 is 4.74 Å². The predicted molar refractivity (Wildman–Crippen MR) is 68.0 cm³/mol. The fourth-order valence-corrected chi connectivity index (χ4v) is 1.85. The molecule has 2 N–H and O–H groups in total. The molecular weight excluding hydrogens is 214 g/mol. The lowest BCUT2D eigenvalue weighted by atomic mass is 10.1. The molecule has 4 heteroatoms. The van der Waals surface area contributed by atoms with Gasteiger partial charge in [-0.05, 0) is 24.7 Å². The first kappa shape index (κ1) is 11.7. The van der Waals surface area contributed by atoms with Gasteiger partial charge in [0.25, 0.3) is 0 Å². The molecule has 0 saturated carbocycles. The summed E-state index contributed by atoms with van der Waals surface area (Å²) < 4.78 is 7.10. The number of nitrogens with two attached hydrogens (primary N) is 1. The minimum atomic E-state index is 0.620. The third-order valence-corrected chi connectivity index (χ3v) is 2.70. The number of aromatic nitrogens is 2. The third kappa shape index (κ3) is 2.47. The van der Waals surface area contributed by atoms with Crippen LogP contribution in [0, 0.1) is 0 Å². The Kier molecular flexibility index (Phi) is 3.44. The molecule has 0 bridgehead atoms. The van der Waals surface area contributed by atoms with Crippen molar-refractivity contribution in [1.29, 1.82) is 0 Å². The first-order valence-corrected chi connectivity index (χ1v) is 5.62. The second-order valence-electron chi connectivity index (χ2n) is 3.92. The highest BCUT2D eigenvalue weighted by Gasteiger charge is 2.07. The van der Waals surface area contributed by atoms with Crippen molar-refractivity contribution in [1.82, 2.24) is 9.78 Å². The summed E-state index contributed by atoms with van der Waals surface area (Å²) in [5, 5.41) is 4.43. The zero-order valence-corrected chi connectivity index (χ0v) is 10.2. The molecule has 90 valence electrons. The van der Waals surface area contributed by atoms with E-state index in [-0.39, 0.29) is 0 Å². The van der Waals surface area contributed by atoms with E-state index in [4.69, 9.17) is 10.5 Å². The van der Waals surface area contributed by atoms with E-state index in [2.05, 4.69) is 11.2 Å². The number of aryl methyl sites for hydroxylation is 1. The van der Waals surface area contributed by atoms with Gasteiger partial charge in [0.15, 0.2) is 0 Å². The van der Waals surface area contributed by atoms with Gasteiger partial charge in [0.05, 0.1) is 18.5 Å². The van der Waals surface area contributed by atoms with Crippen LogP contribution in [-0.2, 0) is 13.5 Å². The Hall–Kier alpha value is -1.81. The smallest absolute Gasteiger partial charge is 0.119 e. The van der Waals surface area contributed by atoms with Crippen LogP contribution in [0.5, 0.6) is 5.75 Å². The monoisotopic (exact) mass is 231 g/mol. The molecule has 0 spiro atoms. The normalized spacial score (nSPS) is 10.5. The van der Waals surface area contributed by atoms with Crippen molar-refractivity contribution in [3.05, 3.63) is 36.0 Å². The summed E-state index contributed by atoms with van der Waals surface area (Å²) in [6.07, 6.45) is 0.803. The highest BCUT2D eigenvalue weighted by molar-refractivity contribution is 5.62. The summed E-state index contributed by atoms with van der Waals surface area (Å²) in [5.41, 5.74) is 8.73. The molecule has 0 unspecified atom stereocenters. The summed E-state index contributed by atoms with van der Waals surface area (Å²) in [7, 11) is 3.61. The minimum absolute atomic E-state index is 0.620. The first-order valence-electron chi connectivity index (χ1n) is 5.62. The Morgan fingerprint density at radius 1 is 1.35 bits per heavy atom. The summed E-state index contributed by atoms with van der Waals surface area (Å²) in [4.78, 5) is 0. The minimum Gasteiger partial charge on any atom is -0.497 e. The van der Waals surface area contributed by atoms with E-state index >= 15 is 0 Å². The van der Waals surface area contributed by atoms with Crippen molar-refractivity contribution in [3.8, 4) is 17.0 Å². The fourth-order valence-electron chi connectivity index (χ4n) is 1.85. The van der Waals surface area contributed by atoms with Gasteiger partial charge in [-0.25, -0.2) is 0 Å². The highest BCUT2D eigenvalue weighted by atomic mass is 16.5. The summed E-state index contributed by atoms with van der Waals surface area (Å²) in [6.45, 7) is 0.620. The molecule has 17 heavy (non-hydrogen) atoms. The Bertz CT molecular complexity index is 505. The van der Waals surface area contributed by atoms with Crippen molar-refractivity contribution >= 4 is 0 Å². The molecule has 2 aromatic rings. The number of hydrogen-bond donors (Lipinski definition) is 1. The van der Waals surface area contributed by atoms with Gasteiger partial charge in [0, 0.05) is 19.0 Å². The molecule has 0 saturated heterocycles. The van der Waals surface area contributed by atoms with Crippen LogP contribution in [0.4, 0.5) is 0 Å². The van der Waals surface area contributed by atoms with Crippen LogP contribution in [0.1, 0.15) is 5.69 Å². The number of ether oxygens (including phenoxy) is 1. The summed E-state index contributed by atoms with van der Waals surface area (Å²) >= 11 is 0. The van der Waals surface area contributed by atoms with Gasteiger partial charge in [-0.2, -0.15) is 5.10 Å². The van der Waals surface area contributed by atoms with Crippen LogP contribution < -0.4 is 10.5 Å². The van der Waals surface area contributed by atoms with E-state index < -0.39 is 0 Å². The van der Waals surface area contributed by atoms with Crippen LogP contribution in [0.15, 0.2) is 30.3 Å². The third-order valence-electron chi connectivity index (χ3n) is 2.70. The lowest BCUT2D eigenvalue weighted by Crippen LogP contribution is -2.03. The van der Waals surface area contributed by atoms with Crippen LogP contribution in [0.3, 0.4) is 0 Å². The molecule has 0 amide bonds. The average molecular weight is 231 g/mol. The van der Waals surface area contributed by atoms with E-state index in [0.717, 1.165) is 29.1 Å². The zero-order valence-electron chi connectivity index (χ0n) is 10.2. The number of nitrogens with zero attached hydrogens (tertiary/aromatic N) is 2. The van der Waals surface area contributed by atoms with Crippen molar-refractivity contribution in [2.45, 2.75) is 6.42 Å². The summed E-state index contributed by atoms with van der Waals surface area (Å²) in [6, 6.07) is 10.0. The van der Waals surface area contributed by atoms with Crippen molar-refractivity contribution in [2.75, 3.05) is 13.7 Å². The number of hydrogen-bond acceptors (Lipinski definition) is 3. The Morgan fingerprint density at radius 3 is 2.88 bits per heavy atom. The summed E-state index contributed by atoms with van der Waals surface area (Å²) in [5.74, 6) is 0.851. The maximum atomic E-state index is 5.53. The molecular formula is C13H17N3O. The molecule has 0 aliphatic carbocycles. The topological polar surface area (TPSA) is 53.1 Å². The van der Waals surface area contributed by atoms with Crippen molar-refractivity contribution in [3.63, 3.8) is 0 Å². The lowest BCUT2D eigenvalue weighted by molar-refractivity contribution is 0.415. The molecule has 1 heterocycles. The van der Waals surface area contributed by atoms with Gasteiger partial charge in [-0.15, -0.1) is 0 Å². The van der Waals surface area contributed by atoms with E-state index in [1.807, 2.05) is 36.0 Å². The lowest BCUT2D eigenvalue weighted by Gasteiger charge is -2.04. The maximum Gasteiger partial charge on any atom is 0.119 e. The predicted octanol–water partition coefficient (Wildman–Crippen LogP) is 1.60. The average Bonchev–Trinajstić information content (AvgIpc) is 2.71. The van der Waals surface area contributed by atoms with Crippen molar-refractivity contribution in [2.24, 2.45) is 12.8 Å². The van der Waals surface area contributed by atoms with E-state index in [9.17, 15) is 0 Å². The second-order valence-corrected chi connectivity index (χ2v) is 3.92. The Balaban J connectivity index is 2.37. The molecule has 1 aromatic heterocycles. The van der Waals surface area contributed by atoms with Gasteiger partial charge >= 0.3 is 0 Å². The SMILES string of the molecule is COc1cccc(-c2cc(CCN)nn2C)c1. The molecule has 0 fully saturated rings. The number of methoxy groups -OCH3 is 1. The van der Waals surface area contributed by atoms with Crippen LogP contribution in [0.2, 0.25) is 0 Å². The van der Waals surface area contributed by atoms with E-state index in [1.165, 1.54) is 0 Å². The number of rotatable bonds is 4. The van der Waals surface area contributed by atoms with Gasteiger partial charge in [-0.3, -0.25) is 4.68 Å². The largest absolute Gasteiger partial charge is 0.497 e. The second kappa shape index (κ2) is 5.01. The van der Waals surface area contributed by atoms with Gasteiger partial charge in [0.2, 0.25) is 0 Å². The maximum absolute atomic E-state index is 5.53. The fraction of sp³-hybridized carbons (Fsp3) is 0.308. The molecule has 0 aliphatic heterocycles. The molecule has 0 atom stereocenters. The van der Waals surface area contributed by atoms with Crippen LogP contribution >= 0.6 is 0 Å². The first-order chi connectivity index (χ1) is 8.24. The zero-order chi connectivity index (χ0) is 12.3. The van der Waals surface area contributed by atoms with E-state index in [0.29, 0.717) is 6.54 Å². The quantitative estimate of drug-likeness (QED) is 0.869. The van der Waals surface area contributed by atoms with Gasteiger partial charge in [0.1, 0.15) is 5.75 Å². The van der Waals surface area contributed by atoms with E-state index in [1.54, 1.807) is 7.11 Å². The standard InChI is InChI=1S/C13H17N3O/c1-16-13(9-11(15-16)6-7-14)10-4-3-5-12(8-10)17-2/h3-5,8-9H,6-7,14H2,1-2H3. The molecule has 0 aliphatic rings. The molecule has 2 rings (SSSR count). The molecule has 1 aromatic carbocycles. The Morgan fingerprint density at radius 2 is 2.18 bits per heavy atom. The van der Waals surface area contributed by atoms with Crippen LogP contribution in [0.25, 0.3) is 11.3 Å². The Labute approximate surface area is 101 Å². The highest BCUT2D eigenvalue weighted by Crippen LogP contribution is 2.24. The van der Waals surface area contributed by atoms with Gasteiger partial charge < -0.3 is 10.5 Å². The molecule has 0 radical (unpaired) electrons. The number of benzene rings is 1. The molecule has 4 nitrogen and oxygen atoms in total. The van der Waals surface area contributed by atoms with Crippen LogP contribution in [-0.4, -0.2) is 23.4 Å². The van der Waals surface area contributed by atoms with Gasteiger partial charge in [-0.1, -0.05) is 12.1 Å².